The van der Waals surface area contributed by atoms with Crippen molar-refractivity contribution in [2.24, 2.45) is 5.73 Å². The second-order valence-electron chi connectivity index (χ2n) is 6.12. The predicted octanol–water partition coefficient (Wildman–Crippen LogP) is 2.06. The summed E-state index contributed by atoms with van der Waals surface area (Å²) >= 11 is 0. The van der Waals surface area contributed by atoms with E-state index in [1.54, 1.807) is 13.2 Å². The molecule has 21 heavy (non-hydrogen) atoms. The summed E-state index contributed by atoms with van der Waals surface area (Å²) in [4.78, 5) is 4.36. The first kappa shape index (κ1) is 16.0. The van der Waals surface area contributed by atoms with Crippen LogP contribution in [0.4, 0.5) is 0 Å². The molecule has 0 amide bonds. The van der Waals surface area contributed by atoms with Crippen LogP contribution >= 0.6 is 0 Å². The number of nitrogens with zero attached hydrogens (tertiary/aromatic N) is 1. The Labute approximate surface area is 126 Å². The topological polar surface area (TPSA) is 66.6 Å². The van der Waals surface area contributed by atoms with E-state index in [4.69, 9.17) is 19.8 Å². The maximum atomic E-state index is 6.02. The van der Waals surface area contributed by atoms with Crippen molar-refractivity contribution < 1.29 is 14.0 Å². The van der Waals surface area contributed by atoms with Crippen molar-refractivity contribution in [2.75, 3.05) is 13.7 Å². The molecule has 5 nitrogen and oxygen atoms in total. The van der Waals surface area contributed by atoms with Crippen LogP contribution in [0.15, 0.2) is 23.7 Å². The molecule has 0 aromatic carbocycles. The maximum absolute atomic E-state index is 6.02. The zero-order chi connectivity index (χ0) is 15.7. The van der Waals surface area contributed by atoms with E-state index in [2.05, 4.69) is 4.98 Å². The molecule has 1 fully saturated rings. The molecule has 114 valence electrons. The average Bonchev–Trinajstić information content (AvgIpc) is 2.65. The van der Waals surface area contributed by atoms with Gasteiger partial charge >= 0.3 is 7.12 Å². The summed E-state index contributed by atoms with van der Waals surface area (Å²) in [6, 6.07) is 5.58. The van der Waals surface area contributed by atoms with Crippen molar-refractivity contribution in [3.8, 4) is 5.88 Å². The fourth-order valence-corrected chi connectivity index (χ4v) is 2.03. The van der Waals surface area contributed by atoms with E-state index in [1.165, 1.54) is 0 Å². The first-order valence-electron chi connectivity index (χ1n) is 7.06. The van der Waals surface area contributed by atoms with Crippen LogP contribution in [0.3, 0.4) is 0 Å². The molecule has 1 saturated heterocycles. The Morgan fingerprint density at radius 3 is 2.43 bits per heavy atom. The van der Waals surface area contributed by atoms with Gasteiger partial charge in [0.15, 0.2) is 0 Å². The molecule has 0 unspecified atom stereocenters. The molecule has 2 rings (SSSR count). The van der Waals surface area contributed by atoms with Crippen molar-refractivity contribution in [3.05, 3.63) is 29.4 Å². The standard InChI is InChI=1S/C15H23BN2O3/c1-14(2)15(3,4)21-16(20-14)11(10-17)9-12-7-6-8-13(18-12)19-5/h6-9H,10,17H2,1-5H3. The van der Waals surface area contributed by atoms with Gasteiger partial charge in [0.2, 0.25) is 5.88 Å². The van der Waals surface area contributed by atoms with E-state index >= 15 is 0 Å². The van der Waals surface area contributed by atoms with E-state index in [0.717, 1.165) is 11.2 Å². The Morgan fingerprint density at radius 2 is 1.90 bits per heavy atom. The molecular weight excluding hydrogens is 267 g/mol. The van der Waals surface area contributed by atoms with Gasteiger partial charge in [-0.3, -0.25) is 0 Å². The van der Waals surface area contributed by atoms with Gasteiger partial charge in [-0.25, -0.2) is 4.98 Å². The summed E-state index contributed by atoms with van der Waals surface area (Å²) in [6.45, 7) is 8.42. The highest BCUT2D eigenvalue weighted by Crippen LogP contribution is 2.38. The number of pyridine rings is 1. The second kappa shape index (κ2) is 5.79. The maximum Gasteiger partial charge on any atom is 0.491 e. The molecule has 1 aliphatic heterocycles. The van der Waals surface area contributed by atoms with E-state index < -0.39 is 7.12 Å². The Balaban J connectivity index is 2.26. The third kappa shape index (κ3) is 3.28. The molecule has 0 spiro atoms. The molecule has 2 heterocycles. The molecule has 6 heteroatoms. The van der Waals surface area contributed by atoms with E-state index in [0.29, 0.717) is 12.4 Å². The minimum atomic E-state index is -0.451. The molecule has 0 aliphatic carbocycles. The SMILES string of the molecule is COc1cccc(C=C(CN)B2OC(C)(C)C(C)(C)O2)n1. The van der Waals surface area contributed by atoms with Gasteiger partial charge in [-0.05, 0) is 45.3 Å². The lowest BCUT2D eigenvalue weighted by Gasteiger charge is -2.32. The molecule has 0 atom stereocenters. The molecule has 0 radical (unpaired) electrons. The Morgan fingerprint density at radius 1 is 1.29 bits per heavy atom. The number of nitrogens with two attached hydrogens (primary N) is 1. The van der Waals surface area contributed by atoms with Crippen molar-refractivity contribution in [3.63, 3.8) is 0 Å². The molecule has 0 saturated carbocycles. The van der Waals surface area contributed by atoms with Crippen molar-refractivity contribution in [1.82, 2.24) is 4.98 Å². The minimum absolute atomic E-state index is 0.343. The van der Waals surface area contributed by atoms with Crippen LogP contribution in [0.5, 0.6) is 5.88 Å². The van der Waals surface area contributed by atoms with Crippen molar-refractivity contribution in [1.29, 1.82) is 0 Å². The quantitative estimate of drug-likeness (QED) is 0.860. The molecular formula is C15H23BN2O3. The number of ether oxygens (including phenoxy) is 1. The summed E-state index contributed by atoms with van der Waals surface area (Å²) in [6.07, 6.45) is 1.89. The fraction of sp³-hybridized carbons (Fsp3) is 0.533. The van der Waals surface area contributed by atoms with Gasteiger partial charge in [0.1, 0.15) is 0 Å². The summed E-state index contributed by atoms with van der Waals surface area (Å²) in [5, 5.41) is 0. The van der Waals surface area contributed by atoms with Gasteiger partial charge in [-0.2, -0.15) is 0 Å². The van der Waals surface area contributed by atoms with E-state index in [-0.39, 0.29) is 11.2 Å². The van der Waals surface area contributed by atoms with Crippen LogP contribution in [-0.2, 0) is 9.31 Å². The average molecular weight is 290 g/mol. The minimum Gasteiger partial charge on any atom is -0.481 e. The zero-order valence-corrected chi connectivity index (χ0v) is 13.3. The summed E-state index contributed by atoms with van der Waals surface area (Å²) in [5.74, 6) is 0.564. The second-order valence-corrected chi connectivity index (χ2v) is 6.12. The summed E-state index contributed by atoms with van der Waals surface area (Å²) in [5.41, 5.74) is 6.72. The van der Waals surface area contributed by atoms with Gasteiger partial charge in [-0.15, -0.1) is 0 Å². The van der Waals surface area contributed by atoms with Gasteiger partial charge in [0, 0.05) is 12.6 Å². The lowest BCUT2D eigenvalue weighted by atomic mass is 9.77. The van der Waals surface area contributed by atoms with Gasteiger partial charge in [-0.1, -0.05) is 6.07 Å². The lowest BCUT2D eigenvalue weighted by Crippen LogP contribution is -2.41. The van der Waals surface area contributed by atoms with Crippen LogP contribution in [0.1, 0.15) is 33.4 Å². The molecule has 1 aromatic rings. The molecule has 1 aliphatic rings. The zero-order valence-electron chi connectivity index (χ0n) is 13.3. The molecule has 2 N–H and O–H groups in total. The van der Waals surface area contributed by atoms with E-state index in [1.807, 2.05) is 45.9 Å². The number of hydrogen-bond acceptors (Lipinski definition) is 5. The van der Waals surface area contributed by atoms with Crippen LogP contribution in [0, 0.1) is 0 Å². The van der Waals surface area contributed by atoms with Gasteiger partial charge in [0.05, 0.1) is 24.0 Å². The highest BCUT2D eigenvalue weighted by molar-refractivity contribution is 6.55. The number of rotatable bonds is 4. The number of hydrogen-bond donors (Lipinski definition) is 1. The predicted molar refractivity (Wildman–Crippen MR) is 83.9 cm³/mol. The van der Waals surface area contributed by atoms with Crippen LogP contribution in [-0.4, -0.2) is 37.0 Å². The first-order valence-corrected chi connectivity index (χ1v) is 7.06. The smallest absolute Gasteiger partial charge is 0.481 e. The van der Waals surface area contributed by atoms with Gasteiger partial charge < -0.3 is 19.8 Å². The first-order chi connectivity index (χ1) is 9.79. The Kier molecular flexibility index (Phi) is 4.42. The normalized spacial score (nSPS) is 20.7. The molecule has 1 aromatic heterocycles. The van der Waals surface area contributed by atoms with Crippen LogP contribution in [0.2, 0.25) is 0 Å². The Hall–Kier alpha value is -1.37. The van der Waals surface area contributed by atoms with Crippen molar-refractivity contribution >= 4 is 13.2 Å². The summed E-state index contributed by atoms with van der Waals surface area (Å²) in [7, 11) is 1.14. The Bertz CT molecular complexity index is 527. The highest BCUT2D eigenvalue weighted by Gasteiger charge is 2.52. The summed E-state index contributed by atoms with van der Waals surface area (Å²) < 4.78 is 17.2. The van der Waals surface area contributed by atoms with Crippen molar-refractivity contribution in [2.45, 2.75) is 38.9 Å². The number of methoxy groups -OCH3 is 1. The monoisotopic (exact) mass is 290 g/mol. The van der Waals surface area contributed by atoms with Crippen LogP contribution < -0.4 is 10.5 Å². The number of aromatic nitrogens is 1. The lowest BCUT2D eigenvalue weighted by molar-refractivity contribution is 0.00578. The highest BCUT2D eigenvalue weighted by atomic mass is 16.7. The fourth-order valence-electron chi connectivity index (χ4n) is 2.03. The largest absolute Gasteiger partial charge is 0.491 e. The third-order valence-electron chi connectivity index (χ3n) is 4.08. The van der Waals surface area contributed by atoms with E-state index in [9.17, 15) is 0 Å². The van der Waals surface area contributed by atoms with Crippen LogP contribution in [0.25, 0.3) is 6.08 Å². The molecule has 0 bridgehead atoms. The third-order valence-corrected chi connectivity index (χ3v) is 4.08. The van der Waals surface area contributed by atoms with Gasteiger partial charge in [0.25, 0.3) is 0 Å².